The fraction of sp³-hybridized carbons (Fsp3) is 0. The molecule has 4 aromatic carbocycles. The van der Waals surface area contributed by atoms with Crippen LogP contribution in [0.15, 0.2) is 97.1 Å². The first-order chi connectivity index (χ1) is 14.3. The summed E-state index contributed by atoms with van der Waals surface area (Å²) in [5, 5.41) is 2.41. The lowest BCUT2D eigenvalue weighted by atomic mass is 9.95. The highest BCUT2D eigenvalue weighted by Crippen LogP contribution is 2.34. The van der Waals surface area contributed by atoms with E-state index in [9.17, 15) is 0 Å². The van der Waals surface area contributed by atoms with Crippen molar-refractivity contribution in [1.82, 2.24) is 15.0 Å². The molecule has 4 heteroatoms. The van der Waals surface area contributed by atoms with E-state index in [4.69, 9.17) is 16.6 Å². The Bertz CT molecular complexity index is 1300. The van der Waals surface area contributed by atoms with E-state index in [0.29, 0.717) is 11.6 Å². The highest BCUT2D eigenvalue weighted by Gasteiger charge is 2.13. The van der Waals surface area contributed by atoms with Crippen LogP contribution in [-0.2, 0) is 0 Å². The number of hydrogen-bond donors (Lipinski definition) is 0. The van der Waals surface area contributed by atoms with Gasteiger partial charge in [0.2, 0.25) is 5.28 Å². The Kier molecular flexibility index (Phi) is 4.51. The maximum atomic E-state index is 6.27. The van der Waals surface area contributed by atoms with Gasteiger partial charge >= 0.3 is 0 Å². The molecule has 5 rings (SSSR count). The van der Waals surface area contributed by atoms with Crippen LogP contribution in [0.4, 0.5) is 0 Å². The number of benzene rings is 4. The van der Waals surface area contributed by atoms with E-state index in [1.165, 1.54) is 11.1 Å². The number of rotatable bonds is 3. The van der Waals surface area contributed by atoms with Crippen LogP contribution < -0.4 is 0 Å². The van der Waals surface area contributed by atoms with E-state index in [1.54, 1.807) is 0 Å². The van der Waals surface area contributed by atoms with E-state index in [2.05, 4.69) is 58.5 Å². The predicted octanol–water partition coefficient (Wildman–Crippen LogP) is 6.68. The minimum absolute atomic E-state index is 0.185. The van der Waals surface area contributed by atoms with Crippen LogP contribution in [0.3, 0.4) is 0 Å². The van der Waals surface area contributed by atoms with Crippen LogP contribution in [-0.4, -0.2) is 15.0 Å². The van der Waals surface area contributed by atoms with E-state index in [1.807, 2.05) is 48.5 Å². The van der Waals surface area contributed by atoms with E-state index >= 15 is 0 Å². The Morgan fingerprint density at radius 2 is 1.00 bits per heavy atom. The second-order valence-electron chi connectivity index (χ2n) is 6.69. The molecule has 0 saturated carbocycles. The Morgan fingerprint density at radius 3 is 1.69 bits per heavy atom. The number of nitrogens with zero attached hydrogens (tertiary/aromatic N) is 3. The van der Waals surface area contributed by atoms with Crippen molar-refractivity contribution >= 4 is 22.4 Å². The van der Waals surface area contributed by atoms with E-state index in [0.717, 1.165) is 21.9 Å². The quantitative estimate of drug-likeness (QED) is 0.343. The molecule has 1 aromatic heterocycles. The Hall–Kier alpha value is -3.56. The van der Waals surface area contributed by atoms with Crippen LogP contribution >= 0.6 is 11.6 Å². The molecule has 0 unspecified atom stereocenters. The minimum Gasteiger partial charge on any atom is -0.208 e. The molecule has 0 N–H and O–H groups in total. The molecule has 0 spiro atoms. The third-order valence-electron chi connectivity index (χ3n) is 4.89. The molecular weight excluding hydrogens is 378 g/mol. The first-order valence-electron chi connectivity index (χ1n) is 9.34. The number of hydrogen-bond acceptors (Lipinski definition) is 3. The van der Waals surface area contributed by atoms with Crippen molar-refractivity contribution < 1.29 is 0 Å². The monoisotopic (exact) mass is 393 g/mol. The zero-order valence-electron chi connectivity index (χ0n) is 15.5. The lowest BCUT2D eigenvalue weighted by Crippen LogP contribution is -1.97. The Balaban J connectivity index is 1.72. The summed E-state index contributed by atoms with van der Waals surface area (Å²) in [7, 11) is 0. The third-order valence-corrected chi connectivity index (χ3v) is 5.06. The fourth-order valence-electron chi connectivity index (χ4n) is 3.56. The van der Waals surface area contributed by atoms with Gasteiger partial charge in [0.25, 0.3) is 0 Å². The summed E-state index contributed by atoms with van der Waals surface area (Å²) in [6.45, 7) is 0. The molecule has 3 nitrogen and oxygen atoms in total. The summed E-state index contributed by atoms with van der Waals surface area (Å²) in [4.78, 5) is 13.5. The standard InChI is InChI=1S/C25H16ClN3/c26-25-28-23(18-11-5-2-6-12-18)27-24(29-25)22-16-8-14-20-19(13-7-15-21(20)22)17-9-3-1-4-10-17/h1-16H. The first kappa shape index (κ1) is 17.5. The lowest BCUT2D eigenvalue weighted by molar-refractivity contribution is 1.07. The van der Waals surface area contributed by atoms with Gasteiger partial charge in [0.1, 0.15) is 0 Å². The highest BCUT2D eigenvalue weighted by molar-refractivity contribution is 6.28. The number of aromatic nitrogens is 3. The molecule has 29 heavy (non-hydrogen) atoms. The molecular formula is C25H16ClN3. The van der Waals surface area contributed by atoms with Gasteiger partial charge in [-0.1, -0.05) is 97.1 Å². The SMILES string of the molecule is Clc1nc(-c2ccccc2)nc(-c2cccc3c(-c4ccccc4)cccc23)n1. The topological polar surface area (TPSA) is 38.7 Å². The van der Waals surface area contributed by atoms with Crippen LogP contribution in [0.5, 0.6) is 0 Å². The van der Waals surface area contributed by atoms with Gasteiger partial charge in [0, 0.05) is 11.1 Å². The van der Waals surface area contributed by atoms with Crippen molar-refractivity contribution in [3.05, 3.63) is 102 Å². The molecule has 5 aromatic rings. The van der Waals surface area contributed by atoms with Crippen molar-refractivity contribution in [3.8, 4) is 33.9 Å². The van der Waals surface area contributed by atoms with Crippen LogP contribution in [0, 0.1) is 0 Å². The van der Waals surface area contributed by atoms with Crippen LogP contribution in [0.25, 0.3) is 44.7 Å². The molecule has 0 aliphatic rings. The molecule has 0 fully saturated rings. The first-order valence-corrected chi connectivity index (χ1v) is 9.72. The summed E-state index contributed by atoms with van der Waals surface area (Å²) in [5.74, 6) is 1.14. The maximum absolute atomic E-state index is 6.27. The summed E-state index contributed by atoms with van der Waals surface area (Å²) in [6.07, 6.45) is 0. The van der Waals surface area contributed by atoms with Crippen molar-refractivity contribution in [3.63, 3.8) is 0 Å². The van der Waals surface area contributed by atoms with Gasteiger partial charge in [-0.05, 0) is 33.5 Å². The van der Waals surface area contributed by atoms with Crippen molar-refractivity contribution in [2.24, 2.45) is 0 Å². The summed E-state index contributed by atoms with van der Waals surface area (Å²) in [6, 6.07) is 32.6. The fourth-order valence-corrected chi connectivity index (χ4v) is 3.72. The van der Waals surface area contributed by atoms with Gasteiger partial charge in [-0.15, -0.1) is 0 Å². The van der Waals surface area contributed by atoms with Crippen LogP contribution in [0.1, 0.15) is 0 Å². The zero-order valence-corrected chi connectivity index (χ0v) is 16.2. The number of fused-ring (bicyclic) bond motifs is 1. The molecule has 0 atom stereocenters. The van der Waals surface area contributed by atoms with Gasteiger partial charge in [0.15, 0.2) is 11.6 Å². The molecule has 0 saturated heterocycles. The van der Waals surface area contributed by atoms with E-state index in [-0.39, 0.29) is 5.28 Å². The minimum atomic E-state index is 0.185. The predicted molar refractivity (Wildman–Crippen MR) is 119 cm³/mol. The number of halogens is 1. The van der Waals surface area contributed by atoms with Gasteiger partial charge in [-0.25, -0.2) is 4.98 Å². The molecule has 0 aliphatic heterocycles. The lowest BCUT2D eigenvalue weighted by Gasteiger charge is -2.11. The average Bonchev–Trinajstić information content (AvgIpc) is 2.79. The van der Waals surface area contributed by atoms with Crippen molar-refractivity contribution in [1.29, 1.82) is 0 Å². The Labute approximate surface area is 173 Å². The second-order valence-corrected chi connectivity index (χ2v) is 7.03. The van der Waals surface area contributed by atoms with E-state index < -0.39 is 0 Å². The largest absolute Gasteiger partial charge is 0.226 e. The normalized spacial score (nSPS) is 10.9. The molecule has 0 radical (unpaired) electrons. The van der Waals surface area contributed by atoms with Gasteiger partial charge in [-0.3, -0.25) is 0 Å². The molecule has 0 aliphatic carbocycles. The second kappa shape index (κ2) is 7.46. The maximum Gasteiger partial charge on any atom is 0.226 e. The Morgan fingerprint density at radius 1 is 0.448 bits per heavy atom. The molecule has 1 heterocycles. The van der Waals surface area contributed by atoms with Crippen LogP contribution in [0.2, 0.25) is 5.28 Å². The van der Waals surface area contributed by atoms with Gasteiger partial charge in [-0.2, -0.15) is 9.97 Å². The summed E-state index contributed by atoms with van der Waals surface area (Å²) >= 11 is 6.27. The van der Waals surface area contributed by atoms with Crippen molar-refractivity contribution in [2.45, 2.75) is 0 Å². The average molecular weight is 394 g/mol. The smallest absolute Gasteiger partial charge is 0.208 e. The summed E-state index contributed by atoms with van der Waals surface area (Å²) < 4.78 is 0. The zero-order chi connectivity index (χ0) is 19.6. The third kappa shape index (κ3) is 3.37. The highest BCUT2D eigenvalue weighted by atomic mass is 35.5. The van der Waals surface area contributed by atoms with Gasteiger partial charge in [0.05, 0.1) is 0 Å². The van der Waals surface area contributed by atoms with Gasteiger partial charge < -0.3 is 0 Å². The molecule has 138 valence electrons. The van der Waals surface area contributed by atoms with Crippen molar-refractivity contribution in [2.75, 3.05) is 0 Å². The molecule has 0 bridgehead atoms. The molecule has 0 amide bonds. The summed E-state index contributed by atoms with van der Waals surface area (Å²) in [5.41, 5.74) is 4.19.